The topological polar surface area (TPSA) is 76.2 Å². The van der Waals surface area contributed by atoms with Crippen LogP contribution in [0.5, 0.6) is 11.5 Å². The molecule has 0 aromatic heterocycles. The lowest BCUT2D eigenvalue weighted by atomic mass is 10.00. The third-order valence-corrected chi connectivity index (χ3v) is 7.54. The number of amides is 1. The van der Waals surface area contributed by atoms with E-state index in [1.165, 1.54) is 31.9 Å². The monoisotopic (exact) mass is 466 g/mol. The molecule has 3 aromatic carbocycles. The van der Waals surface area contributed by atoms with Crippen molar-refractivity contribution in [2.24, 2.45) is 0 Å². The maximum absolute atomic E-state index is 13.6. The summed E-state index contributed by atoms with van der Waals surface area (Å²) >= 11 is 0. The van der Waals surface area contributed by atoms with Crippen molar-refractivity contribution in [1.29, 1.82) is 0 Å². The molecule has 0 atom stereocenters. The average Bonchev–Trinajstić information content (AvgIpc) is 2.86. The number of carbonyl (C=O) groups is 1. The number of rotatable bonds is 7. The van der Waals surface area contributed by atoms with Crippen molar-refractivity contribution in [2.75, 3.05) is 31.6 Å². The molecule has 0 unspecified atom stereocenters. The van der Waals surface area contributed by atoms with Gasteiger partial charge in [-0.05, 0) is 41.8 Å². The van der Waals surface area contributed by atoms with Crippen LogP contribution < -0.4 is 13.8 Å². The summed E-state index contributed by atoms with van der Waals surface area (Å²) < 4.78 is 39.0. The van der Waals surface area contributed by atoms with Gasteiger partial charge in [-0.2, -0.15) is 0 Å². The van der Waals surface area contributed by atoms with Gasteiger partial charge in [-0.25, -0.2) is 8.42 Å². The summed E-state index contributed by atoms with van der Waals surface area (Å²) in [6, 6.07) is 20.9. The van der Waals surface area contributed by atoms with Gasteiger partial charge in [0.15, 0.2) is 11.5 Å². The third kappa shape index (κ3) is 4.66. The van der Waals surface area contributed by atoms with Crippen molar-refractivity contribution in [2.45, 2.75) is 17.9 Å². The van der Waals surface area contributed by atoms with E-state index in [-0.39, 0.29) is 17.3 Å². The molecular weight excluding hydrogens is 440 g/mol. The molecule has 1 heterocycles. The van der Waals surface area contributed by atoms with E-state index in [2.05, 4.69) is 6.07 Å². The number of carbonyl (C=O) groups excluding carboxylic acids is 1. The molecule has 172 valence electrons. The first kappa shape index (κ1) is 22.7. The minimum absolute atomic E-state index is 0.108. The molecule has 0 N–H and O–H groups in total. The smallest absolute Gasteiger partial charge is 0.264 e. The van der Waals surface area contributed by atoms with Crippen LogP contribution in [0.2, 0.25) is 0 Å². The van der Waals surface area contributed by atoms with E-state index in [0.717, 1.165) is 16.3 Å². The molecule has 0 spiro atoms. The molecule has 0 aliphatic carbocycles. The van der Waals surface area contributed by atoms with E-state index < -0.39 is 10.0 Å². The van der Waals surface area contributed by atoms with Crippen LogP contribution in [0.1, 0.15) is 11.1 Å². The Morgan fingerprint density at radius 3 is 2.27 bits per heavy atom. The molecule has 7 nitrogen and oxygen atoms in total. The molecule has 0 fully saturated rings. The number of hydrogen-bond donors (Lipinski definition) is 0. The molecule has 0 saturated heterocycles. The number of hydrogen-bond acceptors (Lipinski definition) is 5. The predicted molar refractivity (Wildman–Crippen MR) is 126 cm³/mol. The zero-order valence-electron chi connectivity index (χ0n) is 18.6. The summed E-state index contributed by atoms with van der Waals surface area (Å²) in [6.07, 6.45) is 0.740. The largest absolute Gasteiger partial charge is 0.493 e. The highest BCUT2D eigenvalue weighted by atomic mass is 32.2. The Labute approximate surface area is 194 Å². The van der Waals surface area contributed by atoms with Gasteiger partial charge in [-0.3, -0.25) is 9.10 Å². The minimum atomic E-state index is -4.00. The van der Waals surface area contributed by atoms with Crippen LogP contribution in [0.15, 0.2) is 77.7 Å². The molecule has 0 bridgehead atoms. The van der Waals surface area contributed by atoms with Gasteiger partial charge in [0.05, 0.1) is 24.8 Å². The molecule has 1 aliphatic rings. The SMILES string of the molecule is COc1ccc(N(CC(=O)N2CCc3ccccc3C2)S(=O)(=O)c2ccccc2)cc1OC. The molecule has 3 aromatic rings. The number of methoxy groups -OCH3 is 2. The second kappa shape index (κ2) is 9.54. The zero-order valence-corrected chi connectivity index (χ0v) is 19.4. The molecule has 4 rings (SSSR count). The van der Waals surface area contributed by atoms with Crippen molar-refractivity contribution >= 4 is 21.6 Å². The average molecular weight is 467 g/mol. The Hall–Kier alpha value is -3.52. The van der Waals surface area contributed by atoms with E-state index in [1.54, 1.807) is 41.3 Å². The van der Waals surface area contributed by atoms with Crippen LogP contribution in [0.4, 0.5) is 5.69 Å². The van der Waals surface area contributed by atoms with E-state index in [4.69, 9.17) is 9.47 Å². The quantitative estimate of drug-likeness (QED) is 0.533. The Morgan fingerprint density at radius 2 is 1.58 bits per heavy atom. The summed E-state index contributed by atoms with van der Waals surface area (Å²) in [7, 11) is -1.02. The highest BCUT2D eigenvalue weighted by Crippen LogP contribution is 2.34. The molecule has 33 heavy (non-hydrogen) atoms. The Bertz CT molecular complexity index is 1240. The van der Waals surface area contributed by atoms with Gasteiger partial charge in [0.25, 0.3) is 10.0 Å². The number of sulfonamides is 1. The number of anilines is 1. The molecule has 0 saturated carbocycles. The molecule has 0 radical (unpaired) electrons. The van der Waals surface area contributed by atoms with E-state index in [9.17, 15) is 13.2 Å². The van der Waals surface area contributed by atoms with Crippen LogP contribution in [-0.2, 0) is 27.8 Å². The van der Waals surface area contributed by atoms with Gasteiger partial charge in [0.2, 0.25) is 5.91 Å². The molecule has 1 amide bonds. The first-order chi connectivity index (χ1) is 15.9. The van der Waals surface area contributed by atoms with Gasteiger partial charge < -0.3 is 14.4 Å². The zero-order chi connectivity index (χ0) is 23.4. The van der Waals surface area contributed by atoms with Gasteiger partial charge in [0.1, 0.15) is 6.54 Å². The predicted octanol–water partition coefficient (Wildman–Crippen LogP) is 3.48. The molecule has 1 aliphatic heterocycles. The van der Waals surface area contributed by atoms with E-state index in [0.29, 0.717) is 30.3 Å². The van der Waals surface area contributed by atoms with E-state index >= 15 is 0 Å². The summed E-state index contributed by atoms with van der Waals surface area (Å²) in [6.45, 7) is 0.677. The summed E-state index contributed by atoms with van der Waals surface area (Å²) in [5.74, 6) is 0.582. The second-order valence-electron chi connectivity index (χ2n) is 7.70. The summed E-state index contributed by atoms with van der Waals surface area (Å²) in [5, 5.41) is 0. The van der Waals surface area contributed by atoms with Crippen molar-refractivity contribution in [3.05, 3.63) is 83.9 Å². The first-order valence-electron chi connectivity index (χ1n) is 10.6. The number of benzene rings is 3. The fourth-order valence-electron chi connectivity index (χ4n) is 3.95. The highest BCUT2D eigenvalue weighted by molar-refractivity contribution is 7.92. The standard InChI is InChI=1S/C25H26N2O5S/c1-31-23-13-12-21(16-24(23)32-2)27(33(29,30)22-10-4-3-5-11-22)18-25(28)26-15-14-19-8-6-7-9-20(19)17-26/h3-13,16H,14-15,17-18H2,1-2H3. The summed E-state index contributed by atoms with van der Waals surface area (Å²) in [4.78, 5) is 15.1. The lowest BCUT2D eigenvalue weighted by Gasteiger charge is -2.32. The van der Waals surface area contributed by atoms with Crippen LogP contribution >= 0.6 is 0 Å². The van der Waals surface area contributed by atoms with Crippen molar-refractivity contribution in [1.82, 2.24) is 4.90 Å². The number of fused-ring (bicyclic) bond motifs is 1. The van der Waals surface area contributed by atoms with Crippen molar-refractivity contribution in [3.8, 4) is 11.5 Å². The number of nitrogens with zero attached hydrogens (tertiary/aromatic N) is 2. The fourth-order valence-corrected chi connectivity index (χ4v) is 5.37. The van der Waals surface area contributed by atoms with Crippen molar-refractivity contribution in [3.63, 3.8) is 0 Å². The fraction of sp³-hybridized carbons (Fsp3) is 0.240. The maximum atomic E-state index is 13.6. The molecular formula is C25H26N2O5S. The third-order valence-electron chi connectivity index (χ3n) is 5.75. The lowest BCUT2D eigenvalue weighted by Crippen LogP contribution is -2.44. The van der Waals surface area contributed by atoms with Crippen LogP contribution in [0.25, 0.3) is 0 Å². The van der Waals surface area contributed by atoms with Crippen LogP contribution in [-0.4, -0.2) is 46.5 Å². The van der Waals surface area contributed by atoms with Gasteiger partial charge >= 0.3 is 0 Å². The van der Waals surface area contributed by atoms with Crippen LogP contribution in [0.3, 0.4) is 0 Å². The van der Waals surface area contributed by atoms with Crippen LogP contribution in [0, 0.1) is 0 Å². The Balaban J connectivity index is 1.69. The van der Waals surface area contributed by atoms with Gasteiger partial charge in [0, 0.05) is 19.2 Å². The highest BCUT2D eigenvalue weighted by Gasteiger charge is 2.30. The Kier molecular flexibility index (Phi) is 6.55. The summed E-state index contributed by atoms with van der Waals surface area (Å²) in [5.41, 5.74) is 2.62. The second-order valence-corrected chi connectivity index (χ2v) is 9.56. The lowest BCUT2D eigenvalue weighted by molar-refractivity contribution is -0.130. The normalized spacial score (nSPS) is 13.2. The van der Waals surface area contributed by atoms with Gasteiger partial charge in [-0.1, -0.05) is 42.5 Å². The van der Waals surface area contributed by atoms with Crippen molar-refractivity contribution < 1.29 is 22.7 Å². The van der Waals surface area contributed by atoms with Gasteiger partial charge in [-0.15, -0.1) is 0 Å². The maximum Gasteiger partial charge on any atom is 0.264 e. The first-order valence-corrected chi connectivity index (χ1v) is 12.0. The number of ether oxygens (including phenoxy) is 2. The molecule has 8 heteroatoms. The minimum Gasteiger partial charge on any atom is -0.493 e. The van der Waals surface area contributed by atoms with E-state index in [1.807, 2.05) is 18.2 Å². The Morgan fingerprint density at radius 1 is 0.909 bits per heavy atom.